The molecule has 0 aliphatic heterocycles. The maximum absolute atomic E-state index is 9.23. The van der Waals surface area contributed by atoms with Crippen LogP contribution in [0.5, 0.6) is 17.2 Å². The van der Waals surface area contributed by atoms with Crippen LogP contribution in [0.4, 0.5) is 11.6 Å². The predicted molar refractivity (Wildman–Crippen MR) is 216 cm³/mol. The fourth-order valence-corrected chi connectivity index (χ4v) is 5.69. The van der Waals surface area contributed by atoms with E-state index in [1.807, 2.05) is 54.6 Å². The van der Waals surface area contributed by atoms with E-state index in [2.05, 4.69) is 86.9 Å². The van der Waals surface area contributed by atoms with Crippen LogP contribution >= 0.6 is 0 Å². The number of rotatable bonds is 15. The Hall–Kier alpha value is -7.28. The summed E-state index contributed by atoms with van der Waals surface area (Å²) in [5.74, 6) is 3.39. The summed E-state index contributed by atoms with van der Waals surface area (Å²) in [6.45, 7) is 2.63. The highest BCUT2D eigenvalue weighted by Gasteiger charge is 2.07. The molecule has 0 amide bonds. The van der Waals surface area contributed by atoms with Gasteiger partial charge in [-0.2, -0.15) is 0 Å². The van der Waals surface area contributed by atoms with E-state index in [1.54, 1.807) is 36.9 Å². The molecule has 4 heterocycles. The van der Waals surface area contributed by atoms with Crippen molar-refractivity contribution in [2.24, 2.45) is 0 Å². The van der Waals surface area contributed by atoms with E-state index in [0.29, 0.717) is 53.7 Å². The largest absolute Gasteiger partial charge is 0.508 e. The summed E-state index contributed by atoms with van der Waals surface area (Å²) < 4.78 is 11.8. The van der Waals surface area contributed by atoms with Crippen molar-refractivity contribution in [1.82, 2.24) is 39.9 Å². The van der Waals surface area contributed by atoms with Crippen molar-refractivity contribution >= 4 is 34.0 Å². The van der Waals surface area contributed by atoms with Crippen molar-refractivity contribution in [1.29, 1.82) is 0 Å². The molecular weight excluding hydrogens is 705 g/mol. The van der Waals surface area contributed by atoms with Gasteiger partial charge in [0.25, 0.3) is 0 Å². The summed E-state index contributed by atoms with van der Waals surface area (Å²) in [5, 5.41) is 15.8. The first-order valence-electron chi connectivity index (χ1n) is 18.2. The minimum absolute atomic E-state index is 0.277. The van der Waals surface area contributed by atoms with Crippen LogP contribution in [0, 0.1) is 0 Å². The molecule has 8 aromatic rings. The Bertz CT molecular complexity index is 2410. The lowest BCUT2D eigenvalue weighted by Crippen LogP contribution is -2.08. The van der Waals surface area contributed by atoms with E-state index in [-0.39, 0.29) is 5.75 Å². The van der Waals surface area contributed by atoms with Gasteiger partial charge in [-0.15, -0.1) is 0 Å². The standard InChI is InChI=1S/C29H27N5O2.C14H13N5O/c1-2-4-24(5-3-1)20-36-26-12-8-23(9-13-26)15-19-35-25-10-6-22(7-11-25)14-16-31-28-27-29(34-21-33-28)32-18-17-30-27;20-11-3-1-10(2-4-11)5-6-16-13-12-14(19-9-18-13)17-8-7-15-12/h1-13,17-18,21H,14-16,19-20H2,(H,31,32,33,34);1-4,7-9,20H,5-6H2,(H,16,17,18,19). The Morgan fingerprint density at radius 1 is 0.446 bits per heavy atom. The summed E-state index contributed by atoms with van der Waals surface area (Å²) in [6.07, 6.45) is 12.0. The number of nitrogens with one attached hydrogen (secondary N) is 2. The number of aromatic nitrogens is 8. The van der Waals surface area contributed by atoms with Gasteiger partial charge in [0.2, 0.25) is 0 Å². The van der Waals surface area contributed by atoms with Crippen molar-refractivity contribution in [2.45, 2.75) is 25.9 Å². The Kier molecular flexibility index (Phi) is 12.7. The van der Waals surface area contributed by atoms with Gasteiger partial charge < -0.3 is 25.2 Å². The van der Waals surface area contributed by atoms with Gasteiger partial charge in [0.1, 0.15) is 47.5 Å². The number of fused-ring (bicyclic) bond motifs is 2. The fourth-order valence-electron chi connectivity index (χ4n) is 5.69. The van der Waals surface area contributed by atoms with Crippen molar-refractivity contribution in [3.8, 4) is 17.2 Å². The van der Waals surface area contributed by atoms with Crippen LogP contribution in [0.15, 0.2) is 141 Å². The highest BCUT2D eigenvalue weighted by atomic mass is 16.5. The first-order valence-corrected chi connectivity index (χ1v) is 18.2. The lowest BCUT2D eigenvalue weighted by Gasteiger charge is -2.10. The lowest BCUT2D eigenvalue weighted by atomic mass is 10.1. The monoisotopic (exact) mass is 744 g/mol. The fraction of sp³-hybridized carbons (Fsp3) is 0.163. The van der Waals surface area contributed by atoms with E-state index < -0.39 is 0 Å². The Balaban J connectivity index is 0.000000202. The van der Waals surface area contributed by atoms with E-state index in [9.17, 15) is 5.11 Å². The van der Waals surface area contributed by atoms with Crippen LogP contribution in [-0.4, -0.2) is 64.7 Å². The van der Waals surface area contributed by atoms with E-state index in [1.165, 1.54) is 23.8 Å². The molecule has 0 atom stereocenters. The number of phenols is 1. The zero-order chi connectivity index (χ0) is 38.2. The van der Waals surface area contributed by atoms with E-state index >= 15 is 0 Å². The third-order valence-electron chi connectivity index (χ3n) is 8.64. The smallest absolute Gasteiger partial charge is 0.183 e. The molecule has 13 nitrogen and oxygen atoms in total. The number of anilines is 2. The van der Waals surface area contributed by atoms with Gasteiger partial charge >= 0.3 is 0 Å². The minimum Gasteiger partial charge on any atom is -0.508 e. The third-order valence-corrected chi connectivity index (χ3v) is 8.64. The molecule has 56 heavy (non-hydrogen) atoms. The van der Waals surface area contributed by atoms with Gasteiger partial charge in [-0.25, -0.2) is 39.9 Å². The molecule has 4 aromatic heterocycles. The number of phenolic OH excluding ortho intramolecular Hbond substituents is 1. The van der Waals surface area contributed by atoms with Gasteiger partial charge in [-0.3, -0.25) is 0 Å². The number of ether oxygens (including phenoxy) is 2. The van der Waals surface area contributed by atoms with Gasteiger partial charge in [0.05, 0.1) is 6.61 Å². The van der Waals surface area contributed by atoms with Crippen molar-refractivity contribution in [3.05, 3.63) is 163 Å². The molecule has 0 unspecified atom stereocenters. The average Bonchev–Trinajstić information content (AvgIpc) is 3.25. The topological polar surface area (TPSA) is 166 Å². The second-order valence-electron chi connectivity index (χ2n) is 12.6. The second-order valence-corrected chi connectivity index (χ2v) is 12.6. The summed E-state index contributed by atoms with van der Waals surface area (Å²) in [7, 11) is 0. The quantitative estimate of drug-likeness (QED) is 0.0978. The third kappa shape index (κ3) is 10.7. The first-order chi connectivity index (χ1) is 27.7. The molecule has 0 spiro atoms. The molecule has 4 aromatic carbocycles. The van der Waals surface area contributed by atoms with Crippen molar-refractivity contribution in [2.75, 3.05) is 30.3 Å². The van der Waals surface area contributed by atoms with Crippen LogP contribution in [0.2, 0.25) is 0 Å². The van der Waals surface area contributed by atoms with Crippen LogP contribution in [0.1, 0.15) is 22.3 Å². The van der Waals surface area contributed by atoms with Crippen LogP contribution in [0.25, 0.3) is 22.3 Å². The van der Waals surface area contributed by atoms with Crippen molar-refractivity contribution in [3.63, 3.8) is 0 Å². The van der Waals surface area contributed by atoms with Gasteiger partial charge in [-0.1, -0.05) is 66.7 Å². The molecule has 0 aliphatic rings. The molecular formula is C43H40N10O3. The first kappa shape index (κ1) is 37.1. The number of aromatic hydroxyl groups is 1. The summed E-state index contributed by atoms with van der Waals surface area (Å²) in [5.41, 5.74) is 7.24. The van der Waals surface area contributed by atoms with Crippen LogP contribution < -0.4 is 20.1 Å². The SMILES string of the molecule is Oc1ccc(CCNc2ncnc3nccnc23)cc1.c1ccc(COc2ccc(CCOc3ccc(CCNc4ncnc5nccnc45)cc3)cc2)cc1. The summed E-state index contributed by atoms with van der Waals surface area (Å²) in [4.78, 5) is 33.6. The highest BCUT2D eigenvalue weighted by Crippen LogP contribution is 2.18. The number of nitrogens with zero attached hydrogens (tertiary/aromatic N) is 8. The number of hydrogen-bond donors (Lipinski definition) is 3. The zero-order valence-electron chi connectivity index (χ0n) is 30.6. The second kappa shape index (κ2) is 19.2. The number of benzene rings is 4. The van der Waals surface area contributed by atoms with Gasteiger partial charge in [-0.05, 0) is 71.5 Å². The predicted octanol–water partition coefficient (Wildman–Crippen LogP) is 7.05. The van der Waals surface area contributed by atoms with E-state index in [0.717, 1.165) is 48.4 Å². The van der Waals surface area contributed by atoms with Gasteiger partial charge in [0, 0.05) is 44.3 Å². The summed E-state index contributed by atoms with van der Waals surface area (Å²) >= 11 is 0. The van der Waals surface area contributed by atoms with E-state index in [4.69, 9.17) is 9.47 Å². The number of hydrogen-bond acceptors (Lipinski definition) is 13. The van der Waals surface area contributed by atoms with Crippen LogP contribution in [-0.2, 0) is 25.9 Å². The maximum atomic E-state index is 9.23. The normalized spacial score (nSPS) is 10.7. The zero-order valence-corrected chi connectivity index (χ0v) is 30.6. The Morgan fingerprint density at radius 3 is 1.48 bits per heavy atom. The minimum atomic E-state index is 0.277. The summed E-state index contributed by atoms with van der Waals surface area (Å²) in [6, 6.07) is 33.7. The lowest BCUT2D eigenvalue weighted by molar-refractivity contribution is 0.305. The molecule has 0 saturated carbocycles. The molecule has 3 N–H and O–H groups in total. The van der Waals surface area contributed by atoms with Crippen LogP contribution in [0.3, 0.4) is 0 Å². The maximum Gasteiger partial charge on any atom is 0.183 e. The highest BCUT2D eigenvalue weighted by molar-refractivity contribution is 5.82. The Morgan fingerprint density at radius 2 is 0.929 bits per heavy atom. The molecule has 0 fully saturated rings. The van der Waals surface area contributed by atoms with Gasteiger partial charge in [0.15, 0.2) is 22.9 Å². The molecule has 0 aliphatic carbocycles. The molecule has 280 valence electrons. The molecule has 0 bridgehead atoms. The van der Waals surface area contributed by atoms with Crippen molar-refractivity contribution < 1.29 is 14.6 Å². The molecule has 13 heteroatoms. The Labute approximate surface area is 324 Å². The molecule has 8 rings (SSSR count). The molecule has 0 saturated heterocycles. The average molecular weight is 745 g/mol. The molecule has 0 radical (unpaired) electrons.